The van der Waals surface area contributed by atoms with Crippen molar-refractivity contribution in [3.63, 3.8) is 0 Å². The summed E-state index contributed by atoms with van der Waals surface area (Å²) in [6.07, 6.45) is 0.678. The molecule has 0 fully saturated rings. The van der Waals surface area contributed by atoms with Crippen LogP contribution in [0, 0.1) is 13.8 Å². The molecule has 0 saturated heterocycles. The van der Waals surface area contributed by atoms with Crippen molar-refractivity contribution in [2.45, 2.75) is 26.7 Å². The fourth-order valence-electron chi connectivity index (χ4n) is 2.17. The van der Waals surface area contributed by atoms with E-state index in [0.717, 1.165) is 22.5 Å². The van der Waals surface area contributed by atoms with Gasteiger partial charge in [-0.2, -0.15) is 0 Å². The van der Waals surface area contributed by atoms with Crippen LogP contribution in [-0.2, 0) is 11.2 Å². The Morgan fingerprint density at radius 3 is 2.55 bits per heavy atom. The van der Waals surface area contributed by atoms with E-state index in [1.54, 1.807) is 0 Å². The number of carboxylic acid groups (broad SMARTS) is 1. The summed E-state index contributed by atoms with van der Waals surface area (Å²) >= 11 is 0. The van der Waals surface area contributed by atoms with Gasteiger partial charge >= 0.3 is 5.97 Å². The number of aryl methyl sites for hydroxylation is 3. The van der Waals surface area contributed by atoms with Gasteiger partial charge in [-0.25, -0.2) is 0 Å². The molecule has 0 aliphatic rings. The highest BCUT2D eigenvalue weighted by molar-refractivity contribution is 5.69. The average molecular weight is 269 g/mol. The minimum atomic E-state index is -0.770. The molecule has 0 radical (unpaired) electrons. The van der Waals surface area contributed by atoms with Crippen LogP contribution in [0.25, 0.3) is 0 Å². The van der Waals surface area contributed by atoms with Crippen molar-refractivity contribution in [1.29, 1.82) is 0 Å². The summed E-state index contributed by atoms with van der Waals surface area (Å²) in [5.74, 6) is -0.770. The topological polar surface area (TPSA) is 49.3 Å². The number of anilines is 2. The van der Waals surface area contributed by atoms with Crippen molar-refractivity contribution < 1.29 is 9.90 Å². The van der Waals surface area contributed by atoms with Gasteiger partial charge in [0.2, 0.25) is 0 Å². The molecule has 0 amide bonds. The number of benzene rings is 2. The van der Waals surface area contributed by atoms with Gasteiger partial charge in [0.25, 0.3) is 0 Å². The van der Waals surface area contributed by atoms with Gasteiger partial charge in [-0.3, -0.25) is 4.79 Å². The van der Waals surface area contributed by atoms with Gasteiger partial charge in [-0.1, -0.05) is 29.8 Å². The fourth-order valence-corrected chi connectivity index (χ4v) is 2.17. The first-order chi connectivity index (χ1) is 9.54. The number of hydrogen-bond donors (Lipinski definition) is 2. The number of aliphatic carboxylic acids is 1. The Labute approximate surface area is 119 Å². The lowest BCUT2D eigenvalue weighted by atomic mass is 10.0. The Morgan fingerprint density at radius 2 is 1.85 bits per heavy atom. The van der Waals surface area contributed by atoms with E-state index in [2.05, 4.69) is 11.4 Å². The molecule has 0 heterocycles. The smallest absolute Gasteiger partial charge is 0.303 e. The summed E-state index contributed by atoms with van der Waals surface area (Å²) in [5, 5.41) is 12.2. The second-order valence-electron chi connectivity index (χ2n) is 5.05. The van der Waals surface area contributed by atoms with E-state index >= 15 is 0 Å². The van der Waals surface area contributed by atoms with Crippen LogP contribution in [0.2, 0.25) is 0 Å². The van der Waals surface area contributed by atoms with Crippen LogP contribution < -0.4 is 5.32 Å². The zero-order valence-corrected chi connectivity index (χ0v) is 11.8. The van der Waals surface area contributed by atoms with Crippen molar-refractivity contribution in [3.05, 3.63) is 59.2 Å². The summed E-state index contributed by atoms with van der Waals surface area (Å²) in [4.78, 5) is 10.8. The zero-order chi connectivity index (χ0) is 14.5. The molecule has 0 aliphatic heterocycles. The summed E-state index contributed by atoms with van der Waals surface area (Å²) in [7, 11) is 0. The lowest BCUT2D eigenvalue weighted by Gasteiger charge is -2.13. The first kappa shape index (κ1) is 14.1. The van der Waals surface area contributed by atoms with Gasteiger partial charge in [0.05, 0.1) is 0 Å². The number of hydrogen-bond acceptors (Lipinski definition) is 2. The predicted octanol–water partition coefficient (Wildman–Crippen LogP) is 4.06. The molecule has 20 heavy (non-hydrogen) atoms. The van der Waals surface area contributed by atoms with Gasteiger partial charge in [-0.15, -0.1) is 0 Å². The number of nitrogens with one attached hydrogen (secondary N) is 1. The van der Waals surface area contributed by atoms with Gasteiger partial charge < -0.3 is 10.4 Å². The van der Waals surface area contributed by atoms with Gasteiger partial charge in [0.1, 0.15) is 0 Å². The van der Waals surface area contributed by atoms with E-state index < -0.39 is 5.97 Å². The van der Waals surface area contributed by atoms with E-state index in [4.69, 9.17) is 5.11 Å². The molecule has 0 atom stereocenters. The summed E-state index contributed by atoms with van der Waals surface area (Å²) in [6.45, 7) is 4.06. The standard InChI is InChI=1S/C17H19NO2/c1-12-4-3-5-15(11-12)18-16-8-6-13(2)10-14(16)7-9-17(19)20/h3-6,8,10-11,18H,7,9H2,1-2H3,(H,19,20). The molecule has 3 heteroatoms. The maximum Gasteiger partial charge on any atom is 0.303 e. The van der Waals surface area contributed by atoms with Crippen LogP contribution in [-0.4, -0.2) is 11.1 Å². The van der Waals surface area contributed by atoms with Gasteiger partial charge in [0.15, 0.2) is 0 Å². The SMILES string of the molecule is Cc1cccc(Nc2ccc(C)cc2CCC(=O)O)c1. The molecule has 0 bridgehead atoms. The number of rotatable bonds is 5. The molecule has 2 N–H and O–H groups in total. The molecular weight excluding hydrogens is 250 g/mol. The van der Waals surface area contributed by atoms with Crippen molar-refractivity contribution in [2.75, 3.05) is 5.32 Å². The molecule has 2 rings (SSSR count). The van der Waals surface area contributed by atoms with Crippen LogP contribution in [0.15, 0.2) is 42.5 Å². The van der Waals surface area contributed by atoms with E-state index in [1.807, 2.05) is 50.2 Å². The van der Waals surface area contributed by atoms with Crippen molar-refractivity contribution >= 4 is 17.3 Å². The monoisotopic (exact) mass is 269 g/mol. The predicted molar refractivity (Wildman–Crippen MR) is 81.6 cm³/mol. The van der Waals surface area contributed by atoms with Crippen molar-refractivity contribution in [2.24, 2.45) is 0 Å². The van der Waals surface area contributed by atoms with Crippen molar-refractivity contribution in [3.8, 4) is 0 Å². The van der Waals surface area contributed by atoms with E-state index in [-0.39, 0.29) is 6.42 Å². The summed E-state index contributed by atoms with van der Waals surface area (Å²) < 4.78 is 0. The van der Waals surface area contributed by atoms with Crippen LogP contribution in [0.1, 0.15) is 23.1 Å². The van der Waals surface area contributed by atoms with Gasteiger partial charge in [-0.05, 0) is 49.6 Å². The molecule has 0 unspecified atom stereocenters. The van der Waals surface area contributed by atoms with Crippen molar-refractivity contribution in [1.82, 2.24) is 0 Å². The minimum absolute atomic E-state index is 0.145. The average Bonchev–Trinajstić information content (AvgIpc) is 2.39. The quantitative estimate of drug-likeness (QED) is 0.860. The molecule has 0 saturated carbocycles. The number of carboxylic acids is 1. The van der Waals surface area contributed by atoms with Gasteiger partial charge in [0, 0.05) is 17.8 Å². The summed E-state index contributed by atoms with van der Waals surface area (Å²) in [6, 6.07) is 14.2. The fraction of sp³-hybridized carbons (Fsp3) is 0.235. The molecule has 104 valence electrons. The lowest BCUT2D eigenvalue weighted by molar-refractivity contribution is -0.136. The Kier molecular flexibility index (Phi) is 4.41. The highest BCUT2D eigenvalue weighted by Crippen LogP contribution is 2.24. The van der Waals surface area contributed by atoms with Crippen LogP contribution in [0.5, 0.6) is 0 Å². The largest absolute Gasteiger partial charge is 0.481 e. The molecule has 2 aromatic rings. The third kappa shape index (κ3) is 3.85. The lowest BCUT2D eigenvalue weighted by Crippen LogP contribution is -2.01. The van der Waals surface area contributed by atoms with Crippen LogP contribution in [0.4, 0.5) is 11.4 Å². The first-order valence-corrected chi connectivity index (χ1v) is 6.69. The normalized spacial score (nSPS) is 10.3. The second kappa shape index (κ2) is 6.24. The molecule has 2 aromatic carbocycles. The number of carbonyl (C=O) groups is 1. The molecule has 0 aromatic heterocycles. The Bertz CT molecular complexity index is 620. The first-order valence-electron chi connectivity index (χ1n) is 6.69. The van der Waals surface area contributed by atoms with E-state index in [1.165, 1.54) is 5.56 Å². The Hall–Kier alpha value is -2.29. The molecule has 0 aliphatic carbocycles. The van der Waals surface area contributed by atoms with E-state index in [0.29, 0.717) is 6.42 Å². The Balaban J connectivity index is 2.24. The molecule has 3 nitrogen and oxygen atoms in total. The Morgan fingerprint density at radius 1 is 1.10 bits per heavy atom. The highest BCUT2D eigenvalue weighted by Gasteiger charge is 2.06. The maximum atomic E-state index is 10.8. The molecule has 0 spiro atoms. The summed E-state index contributed by atoms with van der Waals surface area (Å²) in [5.41, 5.74) is 5.36. The van der Waals surface area contributed by atoms with E-state index in [9.17, 15) is 4.79 Å². The zero-order valence-electron chi connectivity index (χ0n) is 11.8. The third-order valence-electron chi connectivity index (χ3n) is 3.17. The molecular formula is C17H19NO2. The minimum Gasteiger partial charge on any atom is -0.481 e. The van der Waals surface area contributed by atoms with Crippen LogP contribution in [0.3, 0.4) is 0 Å². The second-order valence-corrected chi connectivity index (χ2v) is 5.05. The van der Waals surface area contributed by atoms with Crippen LogP contribution >= 0.6 is 0 Å². The maximum absolute atomic E-state index is 10.8. The highest BCUT2D eigenvalue weighted by atomic mass is 16.4. The third-order valence-corrected chi connectivity index (χ3v) is 3.17.